The third kappa shape index (κ3) is 15.2. The molecule has 74 heavy (non-hydrogen) atoms. The Bertz CT molecular complexity index is 2490. The van der Waals surface area contributed by atoms with E-state index < -0.39 is 126 Å². The number of aliphatic hydroxyl groups is 1. The molecule has 21 heteroatoms. The average molecular weight is 1030 g/mol. The molecule has 2 saturated heterocycles. The molecule has 2 fully saturated rings. The van der Waals surface area contributed by atoms with E-state index in [2.05, 4.69) is 37.2 Å². The van der Waals surface area contributed by atoms with Crippen LogP contribution in [-0.2, 0) is 38.3 Å². The number of nitrogens with one attached hydrogen (secondary N) is 7. The van der Waals surface area contributed by atoms with Crippen molar-refractivity contribution in [1.82, 2.24) is 47.0 Å². The maximum atomic E-state index is 14.5. The number of hydrogen-bond acceptors (Lipinski definition) is 13. The van der Waals surface area contributed by atoms with Gasteiger partial charge in [-0.15, -0.1) is 0 Å². The fourth-order valence-corrected chi connectivity index (χ4v) is 8.87. The molecule has 400 valence electrons. The summed E-state index contributed by atoms with van der Waals surface area (Å²) >= 11 is 0. The molecule has 2 heterocycles. The minimum absolute atomic E-state index is 0.0416. The number of amides is 8. The Labute approximate surface area is 431 Å². The van der Waals surface area contributed by atoms with Gasteiger partial charge in [0, 0.05) is 42.7 Å². The summed E-state index contributed by atoms with van der Waals surface area (Å²) in [5, 5.41) is 29.5. The SMILES string of the molecule is CN[C@@H](C)C(=O)NC(C(=O)N1C[C@@H](NC(=O)c2cccc(C(=O)N[C@H]3C[C@@H](C(=O)N[C@H](C)c4ccccc4)N(C(=O)[C@H](CCC(=O)OC)NC(=O)[C@@H](N)CO)C3)c2)C[C@H]1C(=O)N[C@H](C)c1ccccc1)C(C)(C)C. The molecule has 0 bridgehead atoms. The Kier molecular flexibility index (Phi) is 20.4. The van der Waals surface area contributed by atoms with Gasteiger partial charge in [-0.25, -0.2) is 0 Å². The van der Waals surface area contributed by atoms with Crippen LogP contribution in [0.2, 0.25) is 0 Å². The van der Waals surface area contributed by atoms with Gasteiger partial charge in [0.15, 0.2) is 0 Å². The first kappa shape index (κ1) is 57.7. The number of benzene rings is 3. The van der Waals surface area contributed by atoms with Gasteiger partial charge in [0.2, 0.25) is 35.4 Å². The number of carbonyl (C=O) groups is 9. The smallest absolute Gasteiger partial charge is 0.305 e. The van der Waals surface area contributed by atoms with Crippen molar-refractivity contribution in [2.75, 3.05) is 33.9 Å². The molecule has 8 amide bonds. The Morgan fingerprint density at radius 2 is 1.15 bits per heavy atom. The summed E-state index contributed by atoms with van der Waals surface area (Å²) < 4.78 is 4.75. The maximum absolute atomic E-state index is 14.5. The zero-order valence-corrected chi connectivity index (χ0v) is 43.3. The van der Waals surface area contributed by atoms with Gasteiger partial charge in [0.25, 0.3) is 11.8 Å². The van der Waals surface area contributed by atoms with Crippen molar-refractivity contribution in [2.45, 2.75) is 128 Å². The van der Waals surface area contributed by atoms with E-state index in [0.29, 0.717) is 0 Å². The van der Waals surface area contributed by atoms with Crippen molar-refractivity contribution >= 4 is 53.2 Å². The number of likely N-dealkylation sites (N-methyl/N-ethyl adjacent to an activating group) is 1. The van der Waals surface area contributed by atoms with E-state index in [1.807, 2.05) is 67.6 Å². The van der Waals surface area contributed by atoms with E-state index in [4.69, 9.17) is 10.5 Å². The van der Waals surface area contributed by atoms with Crippen LogP contribution in [0.15, 0.2) is 84.9 Å². The minimum atomic E-state index is -1.38. The number of likely N-dealkylation sites (tertiary alicyclic amines) is 2. The molecule has 0 saturated carbocycles. The molecular formula is C53H72N10O11. The van der Waals surface area contributed by atoms with Gasteiger partial charge in [-0.1, -0.05) is 87.5 Å². The number of methoxy groups -OCH3 is 1. The van der Waals surface area contributed by atoms with Crippen LogP contribution in [0, 0.1) is 5.41 Å². The number of esters is 1. The molecule has 0 radical (unpaired) electrons. The summed E-state index contributed by atoms with van der Waals surface area (Å²) in [4.78, 5) is 126. The first-order chi connectivity index (χ1) is 35.1. The number of carbonyl (C=O) groups excluding carboxylic acids is 9. The predicted molar refractivity (Wildman–Crippen MR) is 273 cm³/mol. The lowest BCUT2D eigenvalue weighted by atomic mass is 9.85. The van der Waals surface area contributed by atoms with Crippen LogP contribution in [0.3, 0.4) is 0 Å². The van der Waals surface area contributed by atoms with Gasteiger partial charge in [-0.3, -0.25) is 43.2 Å². The quantitative estimate of drug-likeness (QED) is 0.0667. The average Bonchev–Trinajstić information content (AvgIpc) is 4.02. The second-order valence-electron chi connectivity index (χ2n) is 20.0. The summed E-state index contributed by atoms with van der Waals surface area (Å²) in [6.07, 6.45) is -0.520. The summed E-state index contributed by atoms with van der Waals surface area (Å²) in [6, 6.07) is 15.2. The van der Waals surface area contributed by atoms with Crippen molar-refractivity contribution in [3.63, 3.8) is 0 Å². The second-order valence-corrected chi connectivity index (χ2v) is 20.0. The molecule has 0 aromatic heterocycles. The number of nitrogens with two attached hydrogens (primary N) is 1. The number of hydrogen-bond donors (Lipinski definition) is 9. The molecule has 5 rings (SSSR count). The van der Waals surface area contributed by atoms with E-state index in [1.54, 1.807) is 41.7 Å². The number of ether oxygens (including phenoxy) is 1. The summed E-state index contributed by atoms with van der Waals surface area (Å²) in [7, 11) is 2.79. The minimum Gasteiger partial charge on any atom is -0.469 e. The first-order valence-electron chi connectivity index (χ1n) is 24.8. The van der Waals surface area contributed by atoms with E-state index >= 15 is 0 Å². The summed E-state index contributed by atoms with van der Waals surface area (Å²) in [5.41, 5.74) is 6.75. The summed E-state index contributed by atoms with van der Waals surface area (Å²) in [5.74, 6) is -5.40. The topological polar surface area (TPSA) is 300 Å². The molecule has 2 aliphatic rings. The monoisotopic (exact) mass is 1020 g/mol. The Morgan fingerprint density at radius 3 is 1.58 bits per heavy atom. The lowest BCUT2D eigenvalue weighted by Gasteiger charge is -2.36. The highest BCUT2D eigenvalue weighted by Gasteiger charge is 2.47. The Balaban J connectivity index is 1.35. The standard InChI is InChI=1S/C53H72N10O11/c1-30(33-16-11-9-12-17-33)56-49(70)41-25-37(27-62(41)51(72)40(22-23-43(65)74-8)60-48(69)39(54)29-64)58-46(67)35-20-15-21-36(24-35)47(68)59-38-26-42(50(71)57-31(2)34-18-13-10-14-19-34)63(28-38)52(73)44(53(4,5)6)61-45(66)32(3)55-7/h9-21,24,30-32,37-42,44,55,64H,22-23,25-29,54H2,1-8H3,(H,56,70)(H,57,71)(H,58,67)(H,59,68)(H,60,69)(H,61,66)/t30-,31-,32+,37+,38+,39+,40+,41+,42+,44?/m1/s1. The molecule has 1 unspecified atom stereocenters. The summed E-state index contributed by atoms with van der Waals surface area (Å²) in [6.45, 7) is 9.69. The van der Waals surface area contributed by atoms with E-state index in [-0.39, 0.29) is 49.9 Å². The lowest BCUT2D eigenvalue weighted by Crippen LogP contribution is -2.59. The number of aliphatic hydroxyl groups excluding tert-OH is 1. The molecule has 10 atom stereocenters. The Hall–Kier alpha value is -7.23. The fraction of sp³-hybridized carbons (Fsp3) is 0.491. The molecule has 21 nitrogen and oxygen atoms in total. The number of rotatable bonds is 21. The van der Waals surface area contributed by atoms with Crippen molar-refractivity contribution in [2.24, 2.45) is 11.1 Å². The molecular weight excluding hydrogens is 953 g/mol. The van der Waals surface area contributed by atoms with Crippen LogP contribution in [0.25, 0.3) is 0 Å². The van der Waals surface area contributed by atoms with Crippen LogP contribution in [-0.4, -0.2) is 150 Å². The predicted octanol–water partition coefficient (Wildman–Crippen LogP) is 0.736. The van der Waals surface area contributed by atoms with Crippen molar-refractivity contribution in [3.8, 4) is 0 Å². The highest BCUT2D eigenvalue weighted by Crippen LogP contribution is 2.28. The van der Waals surface area contributed by atoms with Gasteiger partial charge in [0.05, 0.1) is 31.8 Å². The van der Waals surface area contributed by atoms with Gasteiger partial charge >= 0.3 is 5.97 Å². The molecule has 0 spiro atoms. The van der Waals surface area contributed by atoms with Gasteiger partial charge in [-0.2, -0.15) is 0 Å². The van der Waals surface area contributed by atoms with Gasteiger partial charge in [0.1, 0.15) is 30.2 Å². The molecule has 0 aliphatic carbocycles. The Morgan fingerprint density at radius 1 is 0.676 bits per heavy atom. The third-order valence-corrected chi connectivity index (χ3v) is 13.4. The van der Waals surface area contributed by atoms with Crippen molar-refractivity contribution < 1.29 is 53.0 Å². The lowest BCUT2D eigenvalue weighted by molar-refractivity contribution is -0.144. The molecule has 3 aromatic carbocycles. The van der Waals surface area contributed by atoms with Gasteiger partial charge < -0.3 is 62.6 Å². The normalized spacial score (nSPS) is 19.9. The number of nitrogens with zero attached hydrogens (tertiary/aromatic N) is 2. The third-order valence-electron chi connectivity index (χ3n) is 13.4. The molecule has 3 aromatic rings. The molecule has 2 aliphatic heterocycles. The fourth-order valence-electron chi connectivity index (χ4n) is 8.87. The second kappa shape index (κ2) is 26.1. The molecule has 10 N–H and O–H groups in total. The highest BCUT2D eigenvalue weighted by molar-refractivity contribution is 6.01. The van der Waals surface area contributed by atoms with Gasteiger partial charge in [-0.05, 0) is 81.8 Å². The maximum Gasteiger partial charge on any atom is 0.305 e. The zero-order chi connectivity index (χ0) is 54.4. The van der Waals surface area contributed by atoms with E-state index in [9.17, 15) is 48.3 Å². The van der Waals surface area contributed by atoms with Crippen LogP contribution in [0.5, 0.6) is 0 Å². The highest BCUT2D eigenvalue weighted by atomic mass is 16.5. The van der Waals surface area contributed by atoms with Crippen LogP contribution in [0.1, 0.15) is 111 Å². The van der Waals surface area contributed by atoms with E-state index in [1.165, 1.54) is 41.2 Å². The van der Waals surface area contributed by atoms with Crippen LogP contribution < -0.4 is 43.0 Å². The van der Waals surface area contributed by atoms with E-state index in [0.717, 1.165) is 11.1 Å². The zero-order valence-electron chi connectivity index (χ0n) is 43.3. The first-order valence-corrected chi connectivity index (χ1v) is 24.8. The van der Waals surface area contributed by atoms with Crippen molar-refractivity contribution in [1.29, 1.82) is 0 Å². The largest absolute Gasteiger partial charge is 0.469 e. The van der Waals surface area contributed by atoms with Crippen molar-refractivity contribution in [3.05, 3.63) is 107 Å². The van der Waals surface area contributed by atoms with Crippen LogP contribution >= 0.6 is 0 Å². The van der Waals surface area contributed by atoms with Crippen LogP contribution in [0.4, 0.5) is 0 Å².